The molecule has 1 aliphatic carbocycles. The zero-order chi connectivity index (χ0) is 24.6. The molecule has 0 atom stereocenters. The third-order valence-corrected chi connectivity index (χ3v) is 6.57. The summed E-state index contributed by atoms with van der Waals surface area (Å²) in [5.74, 6) is -0.313. The van der Waals surface area contributed by atoms with Gasteiger partial charge in [-0.05, 0) is 63.6 Å². The van der Waals surface area contributed by atoms with Crippen LogP contribution in [0.25, 0.3) is 11.0 Å². The lowest BCUT2D eigenvalue weighted by Crippen LogP contribution is -2.33. The molecule has 3 aromatic rings. The first-order valence-electron chi connectivity index (χ1n) is 11.8. The number of H-pyrrole nitrogens is 1. The largest absolute Gasteiger partial charge is 0.478 e. The molecule has 1 aliphatic rings. The van der Waals surface area contributed by atoms with E-state index in [2.05, 4.69) is 47.8 Å². The Bertz CT molecular complexity index is 1270. The SMILES string of the molecule is CC(C)c1[nH]nc2c(Nc3ccc(C(=O)O)c(Cl)c3)nc(=NC3CCC(N)CC3)n(C(C)C)c12. The van der Waals surface area contributed by atoms with Crippen molar-refractivity contribution in [3.05, 3.63) is 40.1 Å². The number of aromatic carboxylic acids is 1. The van der Waals surface area contributed by atoms with Crippen LogP contribution < -0.4 is 16.7 Å². The first-order valence-corrected chi connectivity index (χ1v) is 12.1. The average Bonchev–Trinajstić information content (AvgIpc) is 3.20. The smallest absolute Gasteiger partial charge is 0.337 e. The molecule has 182 valence electrons. The summed E-state index contributed by atoms with van der Waals surface area (Å²) in [5, 5.41) is 20.5. The van der Waals surface area contributed by atoms with Gasteiger partial charge < -0.3 is 20.7 Å². The van der Waals surface area contributed by atoms with Crippen molar-refractivity contribution in [1.82, 2.24) is 19.7 Å². The number of aromatic nitrogens is 4. The van der Waals surface area contributed by atoms with Crippen LogP contribution in [0.2, 0.25) is 5.02 Å². The molecule has 10 heteroatoms. The zero-order valence-corrected chi connectivity index (χ0v) is 20.7. The van der Waals surface area contributed by atoms with Gasteiger partial charge in [-0.15, -0.1) is 0 Å². The predicted octanol–water partition coefficient (Wildman–Crippen LogP) is 4.73. The van der Waals surface area contributed by atoms with Crippen LogP contribution in [0.5, 0.6) is 0 Å². The van der Waals surface area contributed by atoms with Gasteiger partial charge in [-0.1, -0.05) is 25.4 Å². The van der Waals surface area contributed by atoms with Crippen LogP contribution in [0.4, 0.5) is 11.5 Å². The van der Waals surface area contributed by atoms with Gasteiger partial charge in [0.15, 0.2) is 11.3 Å². The standard InChI is InChI=1S/C24H32ClN7O2/c1-12(2)19-21-20(31-30-19)22(27-16-9-10-17(23(33)34)18(25)11-16)29-24(32(21)13(3)4)28-15-7-5-14(26)6-8-15/h9-15H,5-8,26H2,1-4H3,(H,30,31)(H,33,34)(H,27,28,29). The van der Waals surface area contributed by atoms with Crippen molar-refractivity contribution in [1.29, 1.82) is 0 Å². The van der Waals surface area contributed by atoms with Crippen molar-refractivity contribution in [2.75, 3.05) is 5.32 Å². The van der Waals surface area contributed by atoms with E-state index in [9.17, 15) is 9.90 Å². The van der Waals surface area contributed by atoms with Gasteiger partial charge in [0.25, 0.3) is 0 Å². The zero-order valence-electron chi connectivity index (χ0n) is 20.0. The van der Waals surface area contributed by atoms with E-state index in [4.69, 9.17) is 27.3 Å². The molecule has 0 radical (unpaired) electrons. The molecule has 1 aromatic carbocycles. The van der Waals surface area contributed by atoms with Crippen LogP contribution >= 0.6 is 11.6 Å². The number of fused-ring (bicyclic) bond motifs is 1. The van der Waals surface area contributed by atoms with Gasteiger partial charge in [-0.3, -0.25) is 5.10 Å². The molecule has 9 nitrogen and oxygen atoms in total. The molecule has 34 heavy (non-hydrogen) atoms. The Balaban J connectivity index is 1.89. The van der Waals surface area contributed by atoms with Gasteiger partial charge in [-0.2, -0.15) is 10.1 Å². The number of aromatic amines is 1. The van der Waals surface area contributed by atoms with E-state index in [1.54, 1.807) is 12.1 Å². The number of nitrogens with zero attached hydrogens (tertiary/aromatic N) is 4. The highest BCUT2D eigenvalue weighted by Gasteiger charge is 2.23. The molecule has 5 N–H and O–H groups in total. The molecule has 0 aliphatic heterocycles. The number of nitrogens with two attached hydrogens (primary N) is 1. The number of hydrogen-bond donors (Lipinski definition) is 4. The number of carbonyl (C=O) groups is 1. The number of carboxylic acid groups (broad SMARTS) is 1. The van der Waals surface area contributed by atoms with E-state index in [0.717, 1.165) is 36.9 Å². The lowest BCUT2D eigenvalue weighted by molar-refractivity contribution is 0.0697. The van der Waals surface area contributed by atoms with E-state index >= 15 is 0 Å². The first-order chi connectivity index (χ1) is 16.2. The number of hydrogen-bond acceptors (Lipinski definition) is 6. The quantitative estimate of drug-likeness (QED) is 0.398. The number of nitrogens with one attached hydrogen (secondary N) is 2. The summed E-state index contributed by atoms with van der Waals surface area (Å²) in [7, 11) is 0. The maximum absolute atomic E-state index is 11.3. The summed E-state index contributed by atoms with van der Waals surface area (Å²) >= 11 is 6.20. The molecular formula is C24H32ClN7O2. The Morgan fingerprint density at radius 3 is 2.56 bits per heavy atom. The highest BCUT2D eigenvalue weighted by molar-refractivity contribution is 6.33. The molecule has 0 saturated heterocycles. The Hall–Kier alpha value is -2.91. The van der Waals surface area contributed by atoms with Gasteiger partial charge in [-0.25, -0.2) is 9.79 Å². The summed E-state index contributed by atoms with van der Waals surface area (Å²) in [6.07, 6.45) is 3.80. The van der Waals surface area contributed by atoms with Gasteiger partial charge >= 0.3 is 5.97 Å². The molecule has 0 unspecified atom stereocenters. The molecule has 1 saturated carbocycles. The Morgan fingerprint density at radius 1 is 1.26 bits per heavy atom. The van der Waals surface area contributed by atoms with Crippen molar-refractivity contribution in [2.24, 2.45) is 10.7 Å². The summed E-state index contributed by atoms with van der Waals surface area (Å²) < 4.78 is 2.15. The molecular weight excluding hydrogens is 454 g/mol. The maximum Gasteiger partial charge on any atom is 0.337 e. The van der Waals surface area contributed by atoms with E-state index in [0.29, 0.717) is 22.6 Å². The highest BCUT2D eigenvalue weighted by Crippen LogP contribution is 2.30. The average molecular weight is 486 g/mol. The predicted molar refractivity (Wildman–Crippen MR) is 134 cm³/mol. The topological polar surface area (TPSA) is 134 Å². The molecule has 0 amide bonds. The number of anilines is 2. The van der Waals surface area contributed by atoms with Gasteiger partial charge in [0.2, 0.25) is 5.62 Å². The van der Waals surface area contributed by atoms with Gasteiger partial charge in [0.05, 0.1) is 27.8 Å². The minimum Gasteiger partial charge on any atom is -0.478 e. The van der Waals surface area contributed by atoms with Crippen LogP contribution in [0.1, 0.15) is 81.4 Å². The van der Waals surface area contributed by atoms with E-state index < -0.39 is 5.97 Å². The van der Waals surface area contributed by atoms with Crippen molar-refractivity contribution < 1.29 is 9.90 Å². The second-order valence-electron chi connectivity index (χ2n) is 9.54. The maximum atomic E-state index is 11.3. The Morgan fingerprint density at radius 2 is 1.97 bits per heavy atom. The summed E-state index contributed by atoms with van der Waals surface area (Å²) in [5.41, 5.74) is 10.1. The van der Waals surface area contributed by atoms with Crippen LogP contribution in [0, 0.1) is 0 Å². The molecule has 2 heterocycles. The summed E-state index contributed by atoms with van der Waals surface area (Å²) in [4.78, 5) is 21.3. The van der Waals surface area contributed by atoms with Gasteiger partial charge in [0, 0.05) is 17.8 Å². The van der Waals surface area contributed by atoms with E-state index in [1.165, 1.54) is 6.07 Å². The minimum absolute atomic E-state index is 0.0455. The third kappa shape index (κ3) is 4.81. The Kier molecular flexibility index (Phi) is 6.95. The normalized spacial score (nSPS) is 19.4. The Labute approximate surface area is 203 Å². The van der Waals surface area contributed by atoms with Gasteiger partial charge in [0.1, 0.15) is 0 Å². The third-order valence-electron chi connectivity index (χ3n) is 6.26. The van der Waals surface area contributed by atoms with E-state index in [1.807, 2.05) is 0 Å². The molecule has 1 fully saturated rings. The van der Waals surface area contributed by atoms with Crippen LogP contribution in [0.3, 0.4) is 0 Å². The van der Waals surface area contributed by atoms with Crippen LogP contribution in [0.15, 0.2) is 23.2 Å². The number of rotatable bonds is 6. The second-order valence-corrected chi connectivity index (χ2v) is 9.94. The lowest BCUT2D eigenvalue weighted by atomic mass is 9.92. The summed E-state index contributed by atoms with van der Waals surface area (Å²) in [6.45, 7) is 8.47. The van der Waals surface area contributed by atoms with Crippen molar-refractivity contribution >= 4 is 40.1 Å². The van der Waals surface area contributed by atoms with Crippen molar-refractivity contribution in [3.63, 3.8) is 0 Å². The number of halogens is 1. The summed E-state index contributed by atoms with van der Waals surface area (Å²) in [6, 6.07) is 5.26. The van der Waals surface area contributed by atoms with Crippen molar-refractivity contribution in [2.45, 2.75) is 77.4 Å². The molecule has 4 rings (SSSR count). The first kappa shape index (κ1) is 24.2. The fourth-order valence-electron chi connectivity index (χ4n) is 4.43. The lowest BCUT2D eigenvalue weighted by Gasteiger charge is -2.24. The second kappa shape index (κ2) is 9.76. The molecule has 0 spiro atoms. The fourth-order valence-corrected chi connectivity index (χ4v) is 4.69. The fraction of sp³-hybridized carbons (Fsp3) is 0.500. The molecule has 2 aromatic heterocycles. The molecule has 0 bridgehead atoms. The minimum atomic E-state index is -1.07. The number of benzene rings is 1. The number of carboxylic acids is 1. The van der Waals surface area contributed by atoms with Crippen LogP contribution in [-0.4, -0.2) is 42.9 Å². The van der Waals surface area contributed by atoms with Crippen LogP contribution in [-0.2, 0) is 0 Å². The van der Waals surface area contributed by atoms with Crippen molar-refractivity contribution in [3.8, 4) is 0 Å². The highest BCUT2D eigenvalue weighted by atomic mass is 35.5. The van der Waals surface area contributed by atoms with E-state index in [-0.39, 0.29) is 34.6 Å². The monoisotopic (exact) mass is 485 g/mol.